The van der Waals surface area contributed by atoms with Crippen LogP contribution in [-0.2, 0) is 6.18 Å². The summed E-state index contributed by atoms with van der Waals surface area (Å²) in [6.45, 7) is 1.54. The number of benzene rings is 1. The van der Waals surface area contributed by atoms with Gasteiger partial charge in [-0.3, -0.25) is 4.79 Å². The highest BCUT2D eigenvalue weighted by Crippen LogP contribution is 2.31. The average molecular weight is 254 g/mol. The van der Waals surface area contributed by atoms with Crippen molar-refractivity contribution in [2.45, 2.75) is 32.4 Å². The number of alkyl halides is 3. The molecule has 4 heteroatoms. The standard InChI is InChI=1S/C14H13F3O/c1-9-8-11(14(15,16)17)6-7-12(9)13(18)10-4-2-3-5-10/h4,6-8H,2-3,5H2,1H3. The van der Waals surface area contributed by atoms with Gasteiger partial charge in [-0.25, -0.2) is 0 Å². The minimum Gasteiger partial charge on any atom is -0.289 e. The summed E-state index contributed by atoms with van der Waals surface area (Å²) in [7, 11) is 0. The molecule has 0 aromatic heterocycles. The Morgan fingerprint density at radius 3 is 2.50 bits per heavy atom. The van der Waals surface area contributed by atoms with Gasteiger partial charge in [-0.1, -0.05) is 12.1 Å². The van der Waals surface area contributed by atoms with Gasteiger partial charge in [-0.15, -0.1) is 0 Å². The van der Waals surface area contributed by atoms with Gasteiger partial charge in [0.15, 0.2) is 5.78 Å². The van der Waals surface area contributed by atoms with Gasteiger partial charge in [-0.05, 0) is 49.5 Å². The van der Waals surface area contributed by atoms with Crippen molar-refractivity contribution in [3.05, 3.63) is 46.5 Å². The van der Waals surface area contributed by atoms with Crippen molar-refractivity contribution in [3.63, 3.8) is 0 Å². The first kappa shape index (κ1) is 12.9. The first-order valence-electron chi connectivity index (χ1n) is 5.81. The van der Waals surface area contributed by atoms with Crippen LogP contribution in [0.4, 0.5) is 13.2 Å². The topological polar surface area (TPSA) is 17.1 Å². The minimum atomic E-state index is -4.36. The minimum absolute atomic E-state index is 0.140. The number of carbonyl (C=O) groups excluding carboxylic acids is 1. The molecule has 0 unspecified atom stereocenters. The maximum atomic E-state index is 12.5. The Kier molecular flexibility index (Phi) is 3.28. The van der Waals surface area contributed by atoms with Gasteiger partial charge in [-0.2, -0.15) is 13.2 Å². The molecular weight excluding hydrogens is 241 g/mol. The van der Waals surface area contributed by atoms with Crippen molar-refractivity contribution in [2.24, 2.45) is 0 Å². The van der Waals surface area contributed by atoms with Crippen LogP contribution < -0.4 is 0 Å². The highest BCUT2D eigenvalue weighted by atomic mass is 19.4. The molecule has 0 saturated heterocycles. The monoisotopic (exact) mass is 254 g/mol. The Hall–Kier alpha value is -1.58. The Morgan fingerprint density at radius 2 is 2.00 bits per heavy atom. The fraction of sp³-hybridized carbons (Fsp3) is 0.357. The van der Waals surface area contributed by atoms with E-state index in [1.54, 1.807) is 0 Å². The van der Waals surface area contributed by atoms with Gasteiger partial charge in [0, 0.05) is 5.56 Å². The lowest BCUT2D eigenvalue weighted by Gasteiger charge is -2.10. The molecule has 0 bridgehead atoms. The van der Waals surface area contributed by atoms with Gasteiger partial charge in [0.2, 0.25) is 0 Å². The predicted molar refractivity (Wildman–Crippen MR) is 62.4 cm³/mol. The van der Waals surface area contributed by atoms with Gasteiger partial charge >= 0.3 is 6.18 Å². The molecule has 0 saturated carbocycles. The maximum Gasteiger partial charge on any atom is 0.416 e. The van der Waals surface area contributed by atoms with Gasteiger partial charge < -0.3 is 0 Å². The van der Waals surface area contributed by atoms with Crippen molar-refractivity contribution >= 4 is 5.78 Å². The fourth-order valence-electron chi connectivity index (χ4n) is 2.14. The van der Waals surface area contributed by atoms with E-state index < -0.39 is 11.7 Å². The lowest BCUT2D eigenvalue weighted by Crippen LogP contribution is -2.09. The zero-order chi connectivity index (χ0) is 13.3. The molecule has 0 fully saturated rings. The van der Waals surface area contributed by atoms with E-state index in [0.29, 0.717) is 11.1 Å². The molecule has 1 nitrogen and oxygen atoms in total. The second kappa shape index (κ2) is 4.59. The lowest BCUT2D eigenvalue weighted by molar-refractivity contribution is -0.137. The van der Waals surface area contributed by atoms with E-state index in [0.717, 1.165) is 37.0 Å². The third-order valence-corrected chi connectivity index (χ3v) is 3.13. The molecule has 1 aromatic rings. The SMILES string of the molecule is Cc1cc(C(F)(F)F)ccc1C(=O)C1=CCCC1. The zero-order valence-corrected chi connectivity index (χ0v) is 9.97. The molecule has 2 rings (SSSR count). The van der Waals surface area contributed by atoms with Crippen LogP contribution in [0, 0.1) is 6.92 Å². The number of allylic oxidation sites excluding steroid dienone is 2. The molecule has 0 atom stereocenters. The molecule has 1 aliphatic carbocycles. The summed E-state index contributed by atoms with van der Waals surface area (Å²) >= 11 is 0. The summed E-state index contributed by atoms with van der Waals surface area (Å²) in [5, 5.41) is 0. The van der Waals surface area contributed by atoms with E-state index >= 15 is 0 Å². The summed E-state index contributed by atoms with van der Waals surface area (Å²) in [6.07, 6.45) is 0.0548. The molecule has 0 heterocycles. The van der Waals surface area contributed by atoms with E-state index in [1.165, 1.54) is 13.0 Å². The number of hydrogen-bond donors (Lipinski definition) is 0. The number of rotatable bonds is 2. The van der Waals surface area contributed by atoms with Gasteiger partial charge in [0.1, 0.15) is 0 Å². The molecule has 0 radical (unpaired) electrons. The van der Waals surface area contributed by atoms with E-state index in [2.05, 4.69) is 0 Å². The van der Waals surface area contributed by atoms with Crippen molar-refractivity contribution in [3.8, 4) is 0 Å². The lowest BCUT2D eigenvalue weighted by atomic mass is 9.97. The van der Waals surface area contributed by atoms with Crippen molar-refractivity contribution < 1.29 is 18.0 Å². The number of aryl methyl sites for hydroxylation is 1. The second-order valence-corrected chi connectivity index (χ2v) is 4.48. The molecule has 0 N–H and O–H groups in total. The highest BCUT2D eigenvalue weighted by Gasteiger charge is 2.31. The van der Waals surface area contributed by atoms with Crippen LogP contribution >= 0.6 is 0 Å². The Labute approximate surface area is 103 Å². The molecule has 1 aromatic carbocycles. The Bertz CT molecular complexity index is 512. The zero-order valence-electron chi connectivity index (χ0n) is 9.97. The number of Topliss-reactive ketones (excluding diaryl/α,β-unsaturated/α-hetero) is 1. The molecule has 18 heavy (non-hydrogen) atoms. The van der Waals surface area contributed by atoms with Gasteiger partial charge in [0.05, 0.1) is 5.56 Å². The summed E-state index contributed by atoms with van der Waals surface area (Å²) in [6, 6.07) is 3.28. The predicted octanol–water partition coefficient (Wildman–Crippen LogP) is 4.31. The maximum absolute atomic E-state index is 12.5. The van der Waals surface area contributed by atoms with E-state index in [1.807, 2.05) is 6.08 Å². The molecule has 0 aliphatic heterocycles. The van der Waals surface area contributed by atoms with Crippen LogP contribution in [0.5, 0.6) is 0 Å². The van der Waals surface area contributed by atoms with Gasteiger partial charge in [0.25, 0.3) is 0 Å². The smallest absolute Gasteiger partial charge is 0.289 e. The summed E-state index contributed by atoms with van der Waals surface area (Å²) in [5.41, 5.74) is 0.758. The van der Waals surface area contributed by atoms with Crippen molar-refractivity contribution in [1.29, 1.82) is 0 Å². The largest absolute Gasteiger partial charge is 0.416 e. The van der Waals surface area contributed by atoms with Crippen LogP contribution in [0.3, 0.4) is 0 Å². The number of halogens is 3. The Balaban J connectivity index is 2.33. The van der Waals surface area contributed by atoms with Crippen LogP contribution in [0.25, 0.3) is 0 Å². The highest BCUT2D eigenvalue weighted by molar-refractivity contribution is 6.09. The van der Waals surface area contributed by atoms with Crippen LogP contribution in [-0.4, -0.2) is 5.78 Å². The number of carbonyl (C=O) groups is 1. The number of hydrogen-bond acceptors (Lipinski definition) is 1. The third-order valence-electron chi connectivity index (χ3n) is 3.13. The normalized spacial score (nSPS) is 15.7. The molecule has 96 valence electrons. The summed E-state index contributed by atoms with van der Waals surface area (Å²) in [4.78, 5) is 12.1. The molecular formula is C14H13F3O. The molecule has 0 amide bonds. The van der Waals surface area contributed by atoms with E-state index in [4.69, 9.17) is 0 Å². The van der Waals surface area contributed by atoms with Crippen LogP contribution in [0.2, 0.25) is 0 Å². The summed E-state index contributed by atoms with van der Waals surface area (Å²) in [5.74, 6) is -0.140. The molecule has 1 aliphatic rings. The quantitative estimate of drug-likeness (QED) is 0.719. The average Bonchev–Trinajstić information content (AvgIpc) is 2.80. The summed E-state index contributed by atoms with van der Waals surface area (Å²) < 4.78 is 37.5. The van der Waals surface area contributed by atoms with Crippen LogP contribution in [0.15, 0.2) is 29.8 Å². The van der Waals surface area contributed by atoms with E-state index in [-0.39, 0.29) is 5.78 Å². The van der Waals surface area contributed by atoms with E-state index in [9.17, 15) is 18.0 Å². The number of ketones is 1. The fourth-order valence-corrected chi connectivity index (χ4v) is 2.14. The van der Waals surface area contributed by atoms with Crippen molar-refractivity contribution in [1.82, 2.24) is 0 Å². The third kappa shape index (κ3) is 2.47. The first-order valence-corrected chi connectivity index (χ1v) is 5.81. The first-order chi connectivity index (χ1) is 8.39. The van der Waals surface area contributed by atoms with Crippen LogP contribution in [0.1, 0.15) is 40.7 Å². The second-order valence-electron chi connectivity index (χ2n) is 4.48. The molecule has 0 spiro atoms. The van der Waals surface area contributed by atoms with Crippen molar-refractivity contribution in [2.75, 3.05) is 0 Å². The Morgan fingerprint density at radius 1 is 1.28 bits per heavy atom.